The van der Waals surface area contributed by atoms with Crippen molar-refractivity contribution in [2.45, 2.75) is 38.5 Å². The number of hydrogen-bond acceptors (Lipinski definition) is 4. The van der Waals surface area contributed by atoms with E-state index >= 15 is 0 Å². The fourth-order valence-corrected chi connectivity index (χ4v) is 3.65. The molecule has 1 aromatic carbocycles. The molecule has 148 valence electrons. The minimum atomic E-state index is -0.0520. The number of rotatable bonds is 4. The molecule has 1 saturated heterocycles. The Bertz CT molecular complexity index is 731. The summed E-state index contributed by atoms with van der Waals surface area (Å²) in [5.74, 6) is -0.0520. The molecule has 0 aliphatic carbocycles. The molecule has 8 heteroatoms. The van der Waals surface area contributed by atoms with E-state index in [4.69, 9.17) is 0 Å². The van der Waals surface area contributed by atoms with E-state index in [0.29, 0.717) is 5.69 Å². The van der Waals surface area contributed by atoms with Crippen LogP contribution in [0.25, 0.3) is 0 Å². The Labute approximate surface area is 172 Å². The van der Waals surface area contributed by atoms with E-state index in [-0.39, 0.29) is 36.8 Å². The van der Waals surface area contributed by atoms with Crippen LogP contribution in [0.5, 0.6) is 0 Å². The normalized spacial score (nSPS) is 19.3. The highest BCUT2D eigenvalue weighted by molar-refractivity contribution is 5.92. The van der Waals surface area contributed by atoms with E-state index in [1.807, 2.05) is 16.8 Å². The number of carbonyl (C=O) groups excluding carboxylic acids is 1. The molecule has 2 N–H and O–H groups in total. The van der Waals surface area contributed by atoms with E-state index in [2.05, 4.69) is 44.9 Å². The first kappa shape index (κ1) is 21.7. The summed E-state index contributed by atoms with van der Waals surface area (Å²) in [5.41, 5.74) is 2.99. The van der Waals surface area contributed by atoms with Crippen LogP contribution in [0.1, 0.15) is 34.6 Å². The number of hydrogen-bond donors (Lipinski definition) is 2. The van der Waals surface area contributed by atoms with Crippen molar-refractivity contribution in [2.75, 3.05) is 19.6 Å². The third-order valence-corrected chi connectivity index (χ3v) is 4.97. The van der Waals surface area contributed by atoms with E-state index in [1.165, 1.54) is 5.56 Å². The zero-order chi connectivity index (χ0) is 17.1. The van der Waals surface area contributed by atoms with Crippen LogP contribution in [0.3, 0.4) is 0 Å². The van der Waals surface area contributed by atoms with Gasteiger partial charge in [-0.2, -0.15) is 5.10 Å². The molecule has 2 aliphatic rings. The summed E-state index contributed by atoms with van der Waals surface area (Å²) in [7, 11) is 0. The van der Waals surface area contributed by atoms with Crippen molar-refractivity contribution in [3.8, 4) is 0 Å². The Balaban J connectivity index is 0.00000131. The molecule has 2 aliphatic heterocycles. The van der Waals surface area contributed by atoms with Gasteiger partial charge in [0, 0.05) is 38.8 Å². The molecule has 1 atom stereocenters. The molecule has 3 heterocycles. The largest absolute Gasteiger partial charge is 0.347 e. The molecule has 1 aromatic heterocycles. The molecule has 1 fully saturated rings. The van der Waals surface area contributed by atoms with Crippen LogP contribution in [0, 0.1) is 0 Å². The van der Waals surface area contributed by atoms with Crippen LogP contribution in [0.15, 0.2) is 36.4 Å². The van der Waals surface area contributed by atoms with Gasteiger partial charge in [-0.15, -0.1) is 24.8 Å². The monoisotopic (exact) mass is 411 g/mol. The number of halogens is 2. The maximum Gasteiger partial charge on any atom is 0.272 e. The highest BCUT2D eigenvalue weighted by Crippen LogP contribution is 2.16. The van der Waals surface area contributed by atoms with Crippen molar-refractivity contribution in [2.24, 2.45) is 0 Å². The van der Waals surface area contributed by atoms with Crippen molar-refractivity contribution in [3.63, 3.8) is 0 Å². The van der Waals surface area contributed by atoms with Crippen LogP contribution < -0.4 is 10.6 Å². The summed E-state index contributed by atoms with van der Waals surface area (Å²) in [5, 5.41) is 10.9. The zero-order valence-electron chi connectivity index (χ0n) is 15.3. The minimum Gasteiger partial charge on any atom is -0.347 e. The van der Waals surface area contributed by atoms with Gasteiger partial charge in [-0.25, -0.2) is 0 Å². The smallest absolute Gasteiger partial charge is 0.272 e. The molecule has 2 aromatic rings. The second-order valence-corrected chi connectivity index (χ2v) is 6.96. The third kappa shape index (κ3) is 5.45. The molecule has 0 radical (unpaired) electrons. The lowest BCUT2D eigenvalue weighted by atomic mass is 10.2. The van der Waals surface area contributed by atoms with Gasteiger partial charge >= 0.3 is 0 Å². The summed E-state index contributed by atoms with van der Waals surface area (Å²) < 4.78 is 2.01. The minimum absolute atomic E-state index is 0. The summed E-state index contributed by atoms with van der Waals surface area (Å²) in [6.45, 7) is 5.51. The van der Waals surface area contributed by atoms with Gasteiger partial charge in [-0.1, -0.05) is 30.3 Å². The first-order chi connectivity index (χ1) is 12.3. The Morgan fingerprint density at radius 3 is 2.78 bits per heavy atom. The number of nitrogens with zero attached hydrogens (tertiary/aromatic N) is 3. The lowest BCUT2D eigenvalue weighted by Crippen LogP contribution is -2.36. The molecule has 4 rings (SSSR count). The lowest BCUT2D eigenvalue weighted by Gasteiger charge is -2.19. The van der Waals surface area contributed by atoms with Crippen LogP contribution in [0.4, 0.5) is 0 Å². The molecule has 0 saturated carbocycles. The first-order valence-electron chi connectivity index (χ1n) is 9.12. The Hall–Kier alpha value is -1.60. The molecular weight excluding hydrogens is 385 g/mol. The summed E-state index contributed by atoms with van der Waals surface area (Å²) in [6, 6.07) is 12.7. The van der Waals surface area contributed by atoms with Crippen molar-refractivity contribution in [1.29, 1.82) is 0 Å². The van der Waals surface area contributed by atoms with E-state index in [9.17, 15) is 4.79 Å². The van der Waals surface area contributed by atoms with E-state index in [0.717, 1.165) is 57.8 Å². The van der Waals surface area contributed by atoms with Crippen molar-refractivity contribution >= 4 is 30.7 Å². The standard InChI is InChI=1S/C19H25N5O.2ClH/c25-19(21-16-7-8-20-12-16)18-11-17-14-23(9-4-10-24(17)22-18)13-15-5-2-1-3-6-15;;/h1-3,5-6,11,16,20H,4,7-10,12-14H2,(H,21,25);2*1H. The summed E-state index contributed by atoms with van der Waals surface area (Å²) in [6.07, 6.45) is 2.04. The Kier molecular flexibility index (Phi) is 8.10. The van der Waals surface area contributed by atoms with Gasteiger partial charge in [-0.3, -0.25) is 14.4 Å². The van der Waals surface area contributed by atoms with Crippen LogP contribution in [-0.4, -0.2) is 46.3 Å². The van der Waals surface area contributed by atoms with Crippen molar-refractivity contribution in [1.82, 2.24) is 25.3 Å². The number of aryl methyl sites for hydroxylation is 1. The van der Waals surface area contributed by atoms with E-state index < -0.39 is 0 Å². The highest BCUT2D eigenvalue weighted by atomic mass is 35.5. The maximum absolute atomic E-state index is 12.4. The maximum atomic E-state index is 12.4. The number of carbonyl (C=O) groups is 1. The summed E-state index contributed by atoms with van der Waals surface area (Å²) in [4.78, 5) is 14.9. The Morgan fingerprint density at radius 2 is 2.04 bits per heavy atom. The summed E-state index contributed by atoms with van der Waals surface area (Å²) >= 11 is 0. The average Bonchev–Trinajstić information content (AvgIpc) is 3.23. The quantitative estimate of drug-likeness (QED) is 0.809. The number of benzene rings is 1. The number of amides is 1. The fourth-order valence-electron chi connectivity index (χ4n) is 3.65. The van der Waals surface area contributed by atoms with Gasteiger partial charge in [0.1, 0.15) is 0 Å². The fraction of sp³-hybridized carbons (Fsp3) is 0.474. The topological polar surface area (TPSA) is 62.2 Å². The predicted molar refractivity (Wildman–Crippen MR) is 111 cm³/mol. The van der Waals surface area contributed by atoms with Gasteiger partial charge in [0.25, 0.3) is 5.91 Å². The van der Waals surface area contributed by atoms with Crippen LogP contribution >= 0.6 is 24.8 Å². The molecule has 1 unspecified atom stereocenters. The average molecular weight is 412 g/mol. The van der Waals surface area contributed by atoms with Gasteiger partial charge in [-0.05, 0) is 31.0 Å². The number of nitrogens with one attached hydrogen (secondary N) is 2. The third-order valence-electron chi connectivity index (χ3n) is 4.97. The van der Waals surface area contributed by atoms with Gasteiger partial charge in [0.05, 0.1) is 5.69 Å². The molecule has 27 heavy (non-hydrogen) atoms. The highest BCUT2D eigenvalue weighted by Gasteiger charge is 2.22. The predicted octanol–water partition coefficient (Wildman–Crippen LogP) is 2.22. The molecule has 0 bridgehead atoms. The van der Waals surface area contributed by atoms with Gasteiger partial charge in [0.2, 0.25) is 0 Å². The second kappa shape index (κ2) is 10.1. The SMILES string of the molecule is Cl.Cl.O=C(NC1CCNC1)c1cc2n(n1)CCCN(Cc1ccccc1)C2. The zero-order valence-corrected chi connectivity index (χ0v) is 16.9. The van der Waals surface area contributed by atoms with E-state index in [1.54, 1.807) is 0 Å². The molecule has 1 amide bonds. The lowest BCUT2D eigenvalue weighted by molar-refractivity contribution is 0.0934. The molecule has 0 spiro atoms. The van der Waals surface area contributed by atoms with Gasteiger partial charge in [0.15, 0.2) is 5.69 Å². The second-order valence-electron chi connectivity index (χ2n) is 6.96. The molecular formula is C19H27Cl2N5O. The number of fused-ring (bicyclic) bond motifs is 1. The molecule has 6 nitrogen and oxygen atoms in total. The number of aromatic nitrogens is 2. The van der Waals surface area contributed by atoms with Crippen LogP contribution in [-0.2, 0) is 19.6 Å². The van der Waals surface area contributed by atoms with Gasteiger partial charge < -0.3 is 10.6 Å². The van der Waals surface area contributed by atoms with Crippen LogP contribution in [0.2, 0.25) is 0 Å². The van der Waals surface area contributed by atoms with Crippen molar-refractivity contribution in [3.05, 3.63) is 53.3 Å². The first-order valence-corrected chi connectivity index (χ1v) is 9.12. The van der Waals surface area contributed by atoms with Crippen molar-refractivity contribution < 1.29 is 4.79 Å². The Morgan fingerprint density at radius 1 is 1.22 bits per heavy atom.